The van der Waals surface area contributed by atoms with Gasteiger partial charge in [0.2, 0.25) is 11.8 Å². The molecule has 0 unspecified atom stereocenters. The second kappa shape index (κ2) is 15.5. The summed E-state index contributed by atoms with van der Waals surface area (Å²) in [5.41, 5.74) is 2.34. The molecule has 0 bridgehead atoms. The van der Waals surface area contributed by atoms with E-state index in [1.165, 1.54) is 24.1 Å². The third kappa shape index (κ3) is 8.60. The van der Waals surface area contributed by atoms with Crippen molar-refractivity contribution in [1.82, 2.24) is 10.2 Å². The number of sulfonamides is 1. The van der Waals surface area contributed by atoms with Crippen molar-refractivity contribution in [3.63, 3.8) is 0 Å². The van der Waals surface area contributed by atoms with Gasteiger partial charge in [-0.3, -0.25) is 13.9 Å². The summed E-state index contributed by atoms with van der Waals surface area (Å²) in [5.74, 6) is -0.619. The van der Waals surface area contributed by atoms with Crippen LogP contribution < -0.4 is 14.4 Å². The minimum absolute atomic E-state index is 0.00723. The predicted octanol–water partition coefficient (Wildman–Crippen LogP) is 6.67. The van der Waals surface area contributed by atoms with Crippen molar-refractivity contribution >= 4 is 50.7 Å². The van der Waals surface area contributed by atoms with Gasteiger partial charge in [-0.1, -0.05) is 83.4 Å². The van der Waals surface area contributed by atoms with E-state index >= 15 is 0 Å². The van der Waals surface area contributed by atoms with E-state index in [-0.39, 0.29) is 29.6 Å². The average molecular weight is 683 g/mol. The van der Waals surface area contributed by atoms with E-state index in [0.29, 0.717) is 21.4 Å². The number of rotatable bonds is 13. The van der Waals surface area contributed by atoms with E-state index in [2.05, 4.69) is 5.32 Å². The molecule has 0 aromatic heterocycles. The lowest BCUT2D eigenvalue weighted by Gasteiger charge is -2.34. The number of aryl methyl sites for hydroxylation is 1. The number of carbonyl (C=O) groups excluding carboxylic acids is 2. The number of benzene rings is 4. The summed E-state index contributed by atoms with van der Waals surface area (Å²) >= 11 is 13.1. The second-order valence-electron chi connectivity index (χ2n) is 11.1. The van der Waals surface area contributed by atoms with Crippen molar-refractivity contribution in [2.75, 3.05) is 18.0 Å². The number of ether oxygens (including phenoxy) is 1. The summed E-state index contributed by atoms with van der Waals surface area (Å²) in [6.45, 7) is 4.75. The number of carbonyl (C=O) groups is 2. The monoisotopic (exact) mass is 681 g/mol. The standard InChI is InChI=1S/C35H37Cl2N3O5S/c1-24(2)38-35(42)33(20-26-10-6-5-7-11-26)39(22-30-31(36)14-9-15-32(30)37)34(41)23-40(27-12-8-13-28(21-27)45-4)46(43,44)29-18-16-25(3)17-19-29/h5-19,21,24,33H,20,22-23H2,1-4H3,(H,38,42)/t33-/m0/s1. The van der Waals surface area contributed by atoms with Gasteiger partial charge < -0.3 is 15.0 Å². The van der Waals surface area contributed by atoms with Crippen LogP contribution in [0.5, 0.6) is 5.75 Å². The van der Waals surface area contributed by atoms with Crippen LogP contribution in [0, 0.1) is 6.92 Å². The maximum atomic E-state index is 14.6. The number of halogens is 2. The van der Waals surface area contributed by atoms with Crippen LogP contribution in [0.25, 0.3) is 0 Å². The van der Waals surface area contributed by atoms with E-state index in [1.807, 2.05) is 51.1 Å². The fourth-order valence-corrected chi connectivity index (χ4v) is 6.84. The van der Waals surface area contributed by atoms with Crippen LogP contribution in [0.4, 0.5) is 5.69 Å². The van der Waals surface area contributed by atoms with E-state index in [1.54, 1.807) is 54.6 Å². The first-order valence-electron chi connectivity index (χ1n) is 14.7. The molecule has 0 heterocycles. The number of nitrogens with one attached hydrogen (secondary N) is 1. The Kier molecular flexibility index (Phi) is 11.7. The van der Waals surface area contributed by atoms with Crippen LogP contribution in [-0.4, -0.2) is 50.9 Å². The Bertz CT molecular complexity index is 1750. The molecule has 0 fully saturated rings. The lowest BCUT2D eigenvalue weighted by atomic mass is 10.0. The van der Waals surface area contributed by atoms with Gasteiger partial charge in [0.25, 0.3) is 10.0 Å². The summed E-state index contributed by atoms with van der Waals surface area (Å²) in [6.07, 6.45) is 0.164. The zero-order valence-corrected chi connectivity index (χ0v) is 28.4. The van der Waals surface area contributed by atoms with Crippen molar-refractivity contribution in [3.8, 4) is 5.75 Å². The molecule has 2 amide bonds. The SMILES string of the molecule is COc1cccc(N(CC(=O)N(Cc2c(Cl)cccc2Cl)[C@@H](Cc2ccccc2)C(=O)NC(C)C)S(=O)(=O)c2ccc(C)cc2)c1. The summed E-state index contributed by atoms with van der Waals surface area (Å²) in [6, 6.07) is 25.9. The molecule has 0 aliphatic heterocycles. The lowest BCUT2D eigenvalue weighted by Crippen LogP contribution is -2.54. The quantitative estimate of drug-likeness (QED) is 0.170. The van der Waals surface area contributed by atoms with Gasteiger partial charge in [-0.15, -0.1) is 0 Å². The fourth-order valence-electron chi connectivity index (χ4n) is 4.92. The number of nitrogens with zero attached hydrogens (tertiary/aromatic N) is 2. The molecule has 0 saturated heterocycles. The summed E-state index contributed by atoms with van der Waals surface area (Å²) in [4.78, 5) is 29.8. The van der Waals surface area contributed by atoms with Crippen LogP contribution >= 0.6 is 23.2 Å². The molecule has 0 spiro atoms. The molecule has 4 aromatic carbocycles. The van der Waals surface area contributed by atoms with Gasteiger partial charge in [0.15, 0.2) is 0 Å². The van der Waals surface area contributed by atoms with Crippen LogP contribution in [0.1, 0.15) is 30.5 Å². The van der Waals surface area contributed by atoms with Gasteiger partial charge in [0.1, 0.15) is 18.3 Å². The second-order valence-corrected chi connectivity index (χ2v) is 13.8. The topological polar surface area (TPSA) is 96.0 Å². The molecule has 8 nitrogen and oxygen atoms in total. The maximum Gasteiger partial charge on any atom is 0.264 e. The van der Waals surface area contributed by atoms with Gasteiger partial charge in [-0.2, -0.15) is 0 Å². The van der Waals surface area contributed by atoms with Gasteiger partial charge in [-0.25, -0.2) is 8.42 Å². The molecule has 4 aromatic rings. The van der Waals surface area contributed by atoms with Crippen molar-refractivity contribution in [2.24, 2.45) is 0 Å². The number of methoxy groups -OCH3 is 1. The predicted molar refractivity (Wildman–Crippen MR) is 183 cm³/mol. The fraction of sp³-hybridized carbons (Fsp3) is 0.257. The first-order chi connectivity index (χ1) is 21.9. The summed E-state index contributed by atoms with van der Waals surface area (Å²) in [7, 11) is -2.79. The maximum absolute atomic E-state index is 14.6. The first-order valence-corrected chi connectivity index (χ1v) is 16.9. The lowest BCUT2D eigenvalue weighted by molar-refractivity contribution is -0.140. The Morgan fingerprint density at radius 2 is 1.50 bits per heavy atom. The Labute approximate surface area is 280 Å². The Balaban J connectivity index is 1.85. The molecular weight excluding hydrogens is 645 g/mol. The molecule has 0 radical (unpaired) electrons. The molecule has 1 atom stereocenters. The van der Waals surface area contributed by atoms with E-state index < -0.39 is 34.4 Å². The van der Waals surface area contributed by atoms with E-state index in [0.717, 1.165) is 15.4 Å². The van der Waals surface area contributed by atoms with Crippen LogP contribution in [0.15, 0.2) is 102 Å². The number of hydrogen-bond donors (Lipinski definition) is 1. The van der Waals surface area contributed by atoms with Gasteiger partial charge in [0, 0.05) is 40.7 Å². The molecule has 1 N–H and O–H groups in total. The molecule has 46 heavy (non-hydrogen) atoms. The minimum atomic E-state index is -4.26. The van der Waals surface area contributed by atoms with Crippen molar-refractivity contribution < 1.29 is 22.7 Å². The molecule has 0 aliphatic rings. The highest BCUT2D eigenvalue weighted by Crippen LogP contribution is 2.30. The van der Waals surface area contributed by atoms with Crippen molar-refractivity contribution in [3.05, 3.63) is 124 Å². The van der Waals surface area contributed by atoms with Crippen molar-refractivity contribution in [1.29, 1.82) is 0 Å². The van der Waals surface area contributed by atoms with E-state index in [4.69, 9.17) is 27.9 Å². The number of hydrogen-bond acceptors (Lipinski definition) is 5. The highest BCUT2D eigenvalue weighted by molar-refractivity contribution is 7.92. The number of amides is 2. The normalized spacial score (nSPS) is 12.0. The molecular formula is C35H37Cl2N3O5S. The smallest absolute Gasteiger partial charge is 0.264 e. The van der Waals surface area contributed by atoms with Gasteiger partial charge in [0.05, 0.1) is 17.7 Å². The highest BCUT2D eigenvalue weighted by atomic mass is 35.5. The molecule has 4 rings (SSSR count). The van der Waals surface area contributed by atoms with Gasteiger partial charge in [-0.05, 0) is 62.7 Å². The van der Waals surface area contributed by atoms with Crippen LogP contribution in [0.2, 0.25) is 10.0 Å². The minimum Gasteiger partial charge on any atom is -0.497 e. The van der Waals surface area contributed by atoms with E-state index in [9.17, 15) is 18.0 Å². The largest absolute Gasteiger partial charge is 0.497 e. The average Bonchev–Trinajstić information content (AvgIpc) is 3.03. The van der Waals surface area contributed by atoms with Gasteiger partial charge >= 0.3 is 0 Å². The summed E-state index contributed by atoms with van der Waals surface area (Å²) in [5, 5.41) is 3.55. The highest BCUT2D eigenvalue weighted by Gasteiger charge is 2.35. The molecule has 11 heteroatoms. The number of anilines is 1. The van der Waals surface area contributed by atoms with Crippen LogP contribution in [-0.2, 0) is 32.6 Å². The third-order valence-electron chi connectivity index (χ3n) is 7.32. The molecule has 0 saturated carbocycles. The summed E-state index contributed by atoms with van der Waals surface area (Å²) < 4.78 is 34.8. The third-order valence-corrected chi connectivity index (χ3v) is 9.82. The Hall–Kier alpha value is -4.05. The molecule has 242 valence electrons. The zero-order valence-electron chi connectivity index (χ0n) is 26.1. The zero-order chi connectivity index (χ0) is 33.4. The van der Waals surface area contributed by atoms with Crippen LogP contribution in [0.3, 0.4) is 0 Å². The Morgan fingerprint density at radius 3 is 2.11 bits per heavy atom. The first kappa shape index (κ1) is 34.8. The van der Waals surface area contributed by atoms with Crippen molar-refractivity contribution in [2.45, 2.75) is 50.7 Å². The molecule has 0 aliphatic carbocycles. The Morgan fingerprint density at radius 1 is 0.870 bits per heavy atom.